The van der Waals surface area contributed by atoms with Gasteiger partial charge in [-0.15, -0.1) is 0 Å². The van der Waals surface area contributed by atoms with E-state index >= 15 is 0 Å². The number of hydrogen-bond acceptors (Lipinski definition) is 3. The molecule has 0 aromatic carbocycles. The Hall–Kier alpha value is -1.63. The summed E-state index contributed by atoms with van der Waals surface area (Å²) in [7, 11) is 0. The number of aromatic nitrogens is 3. The van der Waals surface area contributed by atoms with Gasteiger partial charge in [0.25, 0.3) is 12.0 Å². The van der Waals surface area contributed by atoms with Crippen LogP contribution in [0, 0.1) is 22.5 Å². The third kappa shape index (κ3) is 2.53. The molecule has 0 amide bonds. The van der Waals surface area contributed by atoms with Crippen molar-refractivity contribution in [3.05, 3.63) is 32.4 Å². The Morgan fingerprint density at radius 3 is 2.37 bits per heavy atom. The highest BCUT2D eigenvalue weighted by atomic mass is 32.1. The summed E-state index contributed by atoms with van der Waals surface area (Å²) < 4.78 is 29.8. The van der Waals surface area contributed by atoms with Gasteiger partial charge in [-0.05, 0) is 81.5 Å². The Morgan fingerprint density at radius 2 is 1.85 bits per heavy atom. The van der Waals surface area contributed by atoms with Gasteiger partial charge in [0.2, 0.25) is 0 Å². The molecule has 4 bridgehead atoms. The molecule has 4 saturated carbocycles. The number of hydrogen-bond donors (Lipinski definition) is 1. The highest BCUT2D eigenvalue weighted by Gasteiger charge is 2.52. The third-order valence-corrected chi connectivity index (χ3v) is 7.43. The third-order valence-electron chi connectivity index (χ3n) is 7.11. The van der Waals surface area contributed by atoms with Gasteiger partial charge in [0, 0.05) is 23.2 Å². The number of nitrogens with zero attached hydrogens (tertiary/aromatic N) is 2. The molecule has 2 aromatic heterocycles. The second-order valence-corrected chi connectivity index (χ2v) is 9.18. The first-order chi connectivity index (χ1) is 12.9. The van der Waals surface area contributed by atoms with Crippen LogP contribution in [0.5, 0.6) is 0 Å². The number of halogens is 2. The van der Waals surface area contributed by atoms with Gasteiger partial charge in [-0.3, -0.25) is 9.78 Å². The molecule has 1 N–H and O–H groups in total. The van der Waals surface area contributed by atoms with Gasteiger partial charge in [-0.2, -0.15) is 0 Å². The second-order valence-electron chi connectivity index (χ2n) is 8.80. The van der Waals surface area contributed by atoms with E-state index in [2.05, 4.69) is 4.98 Å². The predicted molar refractivity (Wildman–Crippen MR) is 102 cm³/mol. The summed E-state index contributed by atoms with van der Waals surface area (Å²) in [5, 5.41) is -0.0195. The average molecular weight is 391 g/mol. The van der Waals surface area contributed by atoms with Gasteiger partial charge in [0.1, 0.15) is 5.65 Å². The van der Waals surface area contributed by atoms with Crippen LogP contribution >= 0.6 is 12.2 Å². The minimum Gasteiger partial charge on any atom is -0.303 e. The van der Waals surface area contributed by atoms with Crippen molar-refractivity contribution in [2.24, 2.45) is 17.8 Å². The lowest BCUT2D eigenvalue weighted by atomic mass is 9.48. The van der Waals surface area contributed by atoms with E-state index in [0.717, 1.165) is 25.0 Å². The maximum absolute atomic E-state index is 13.9. The molecule has 7 heteroatoms. The van der Waals surface area contributed by atoms with Crippen molar-refractivity contribution in [1.29, 1.82) is 0 Å². The minimum absolute atomic E-state index is 0.0195. The standard InChI is InChI=1S/C20H23F2N3OS/c1-2-25-17-15(18(26)24-19(25)27)13(16(21)22)6-14(23-17)20-7-10-3-11(8-20)5-12(4-10)9-20/h6,10-12,16H,2-5,7-9H2,1H3,(H,24,26,27). The van der Waals surface area contributed by atoms with E-state index in [4.69, 9.17) is 17.2 Å². The molecule has 0 radical (unpaired) electrons. The number of aromatic amines is 1. The molecule has 2 heterocycles. The molecule has 6 rings (SSSR count). The van der Waals surface area contributed by atoms with Crippen LogP contribution in [0.25, 0.3) is 11.0 Å². The van der Waals surface area contributed by atoms with Crippen LogP contribution in [0.4, 0.5) is 8.78 Å². The minimum atomic E-state index is -2.72. The first-order valence-electron chi connectivity index (χ1n) is 9.86. The summed E-state index contributed by atoms with van der Waals surface area (Å²) in [6.07, 6.45) is 4.23. The van der Waals surface area contributed by atoms with Gasteiger partial charge >= 0.3 is 0 Å². The number of fused-ring (bicyclic) bond motifs is 1. The molecule has 0 unspecified atom stereocenters. The van der Waals surface area contributed by atoms with Crippen LogP contribution in [0.1, 0.15) is 63.1 Å². The molecule has 2 aromatic rings. The average Bonchev–Trinajstić information content (AvgIpc) is 2.59. The zero-order valence-electron chi connectivity index (χ0n) is 15.3. The van der Waals surface area contributed by atoms with Crippen LogP contribution in [-0.4, -0.2) is 14.5 Å². The van der Waals surface area contributed by atoms with Crippen LogP contribution < -0.4 is 5.56 Å². The van der Waals surface area contributed by atoms with Crippen molar-refractivity contribution in [2.75, 3.05) is 0 Å². The fourth-order valence-electron chi connectivity index (χ4n) is 6.46. The summed E-state index contributed by atoms with van der Waals surface area (Å²) >= 11 is 5.27. The first-order valence-corrected chi connectivity index (χ1v) is 10.3. The largest absolute Gasteiger partial charge is 0.303 e. The fourth-order valence-corrected chi connectivity index (χ4v) is 6.77. The number of rotatable bonds is 3. The van der Waals surface area contributed by atoms with Gasteiger partial charge in [-0.25, -0.2) is 13.8 Å². The van der Waals surface area contributed by atoms with Crippen LogP contribution in [0.3, 0.4) is 0 Å². The van der Waals surface area contributed by atoms with E-state index in [0.29, 0.717) is 29.9 Å². The van der Waals surface area contributed by atoms with Crippen molar-refractivity contribution in [3.63, 3.8) is 0 Å². The highest BCUT2D eigenvalue weighted by molar-refractivity contribution is 7.71. The van der Waals surface area contributed by atoms with Crippen LogP contribution in [0.15, 0.2) is 10.9 Å². The number of aryl methyl sites for hydroxylation is 1. The summed E-state index contributed by atoms with van der Waals surface area (Å²) in [5.74, 6) is 2.07. The van der Waals surface area contributed by atoms with Gasteiger partial charge < -0.3 is 4.57 Å². The Morgan fingerprint density at radius 1 is 1.26 bits per heavy atom. The molecule has 144 valence electrons. The summed E-state index contributed by atoms with van der Waals surface area (Å²) in [4.78, 5) is 19.8. The van der Waals surface area contributed by atoms with Crippen molar-refractivity contribution in [2.45, 2.75) is 63.8 Å². The zero-order chi connectivity index (χ0) is 18.9. The lowest BCUT2D eigenvalue weighted by Gasteiger charge is -2.56. The molecule has 0 spiro atoms. The van der Waals surface area contributed by atoms with Crippen molar-refractivity contribution >= 4 is 23.3 Å². The molecule has 4 aliphatic rings. The van der Waals surface area contributed by atoms with E-state index in [1.54, 1.807) is 4.57 Å². The smallest absolute Gasteiger partial charge is 0.264 e. The zero-order valence-corrected chi connectivity index (χ0v) is 16.1. The number of nitrogens with one attached hydrogen (secondary N) is 1. The van der Waals surface area contributed by atoms with Crippen LogP contribution in [-0.2, 0) is 12.0 Å². The lowest BCUT2D eigenvalue weighted by Crippen LogP contribution is -2.49. The molecular formula is C20H23F2N3OS. The Balaban J connectivity index is 1.79. The molecule has 0 atom stereocenters. The molecular weight excluding hydrogens is 368 g/mol. The highest BCUT2D eigenvalue weighted by Crippen LogP contribution is 2.60. The molecule has 27 heavy (non-hydrogen) atoms. The predicted octanol–water partition coefficient (Wildman–Crippen LogP) is 4.88. The Kier molecular flexibility index (Phi) is 3.84. The fraction of sp³-hybridized carbons (Fsp3) is 0.650. The number of alkyl halides is 2. The summed E-state index contributed by atoms with van der Waals surface area (Å²) in [6, 6.07) is 1.53. The van der Waals surface area contributed by atoms with E-state index in [1.165, 1.54) is 25.3 Å². The van der Waals surface area contributed by atoms with Gasteiger partial charge in [-0.1, -0.05) is 0 Å². The molecule has 4 nitrogen and oxygen atoms in total. The Bertz CT molecular complexity index is 1010. The SMILES string of the molecule is CCn1c(=S)[nH]c(=O)c2c(C(F)F)cc(C34CC5CC(CC(C5)C3)C4)nc21. The van der Waals surface area contributed by atoms with E-state index in [9.17, 15) is 13.6 Å². The lowest BCUT2D eigenvalue weighted by molar-refractivity contribution is -0.00722. The Labute approximate surface area is 161 Å². The number of pyridine rings is 1. The van der Waals surface area contributed by atoms with Crippen molar-refractivity contribution in [1.82, 2.24) is 14.5 Å². The van der Waals surface area contributed by atoms with Gasteiger partial charge in [0.05, 0.1) is 5.39 Å². The number of H-pyrrole nitrogens is 1. The molecule has 0 aliphatic heterocycles. The molecule has 4 aliphatic carbocycles. The monoisotopic (exact) mass is 391 g/mol. The van der Waals surface area contributed by atoms with Crippen molar-refractivity contribution < 1.29 is 8.78 Å². The summed E-state index contributed by atoms with van der Waals surface area (Å²) in [5.41, 5.74) is 0.188. The van der Waals surface area contributed by atoms with Gasteiger partial charge in [0.15, 0.2) is 4.77 Å². The molecule has 4 fully saturated rings. The van der Waals surface area contributed by atoms with E-state index in [1.807, 2.05) is 6.92 Å². The summed E-state index contributed by atoms with van der Waals surface area (Å²) in [6.45, 7) is 2.36. The van der Waals surface area contributed by atoms with E-state index in [-0.39, 0.29) is 21.1 Å². The van der Waals surface area contributed by atoms with Crippen molar-refractivity contribution in [3.8, 4) is 0 Å². The topological polar surface area (TPSA) is 50.7 Å². The second kappa shape index (κ2) is 5.93. The normalized spacial score (nSPS) is 31.9. The maximum Gasteiger partial charge on any atom is 0.264 e. The van der Waals surface area contributed by atoms with Crippen LogP contribution in [0.2, 0.25) is 0 Å². The maximum atomic E-state index is 13.9. The first kappa shape index (κ1) is 17.5. The quantitative estimate of drug-likeness (QED) is 0.759. The van der Waals surface area contributed by atoms with E-state index < -0.39 is 12.0 Å². The molecule has 0 saturated heterocycles.